The molecule has 0 unspecified atom stereocenters. The van der Waals surface area contributed by atoms with Crippen LogP contribution in [0.2, 0.25) is 0 Å². The molecule has 1 aromatic rings. The number of ether oxygens (including phenoxy) is 1. The largest absolute Gasteiger partial charge is 0.383 e. The highest BCUT2D eigenvalue weighted by atomic mass is 16.5. The summed E-state index contributed by atoms with van der Waals surface area (Å²) in [6.45, 7) is 9.53. The van der Waals surface area contributed by atoms with Crippen molar-refractivity contribution in [1.82, 2.24) is 9.97 Å². The van der Waals surface area contributed by atoms with Crippen LogP contribution in [0.25, 0.3) is 0 Å². The Labute approximate surface area is 103 Å². The van der Waals surface area contributed by atoms with E-state index in [1.807, 2.05) is 13.8 Å². The van der Waals surface area contributed by atoms with Gasteiger partial charge in [-0.3, -0.25) is 0 Å². The summed E-state index contributed by atoms with van der Waals surface area (Å²) >= 11 is 0. The van der Waals surface area contributed by atoms with Crippen molar-refractivity contribution in [2.45, 2.75) is 33.7 Å². The minimum absolute atomic E-state index is 0.345. The Balaban J connectivity index is 3.09. The number of methoxy groups -OCH3 is 1. The molecule has 0 saturated heterocycles. The van der Waals surface area contributed by atoms with E-state index in [9.17, 15) is 0 Å². The van der Waals surface area contributed by atoms with Crippen LogP contribution >= 0.6 is 0 Å². The second-order valence-corrected chi connectivity index (χ2v) is 4.38. The topological polar surface area (TPSA) is 64.3 Å². The molecule has 0 aliphatic heterocycles. The van der Waals surface area contributed by atoms with Crippen LogP contribution in [0.3, 0.4) is 0 Å². The fraction of sp³-hybridized carbons (Fsp3) is 0.667. The quantitative estimate of drug-likeness (QED) is 0.843. The summed E-state index contributed by atoms with van der Waals surface area (Å²) in [5.41, 5.74) is 6.81. The van der Waals surface area contributed by atoms with Crippen molar-refractivity contribution in [3.8, 4) is 0 Å². The third-order valence-electron chi connectivity index (χ3n) is 2.70. The first-order chi connectivity index (χ1) is 7.97. The van der Waals surface area contributed by atoms with Crippen LogP contribution in [0.4, 0.5) is 11.6 Å². The maximum absolute atomic E-state index is 5.88. The number of anilines is 2. The van der Waals surface area contributed by atoms with E-state index in [-0.39, 0.29) is 0 Å². The van der Waals surface area contributed by atoms with Gasteiger partial charge < -0.3 is 15.4 Å². The van der Waals surface area contributed by atoms with Gasteiger partial charge in [0.15, 0.2) is 0 Å². The molecule has 0 amide bonds. The molecule has 0 spiro atoms. The van der Waals surface area contributed by atoms with Crippen molar-refractivity contribution in [3.05, 3.63) is 11.4 Å². The van der Waals surface area contributed by atoms with Crippen molar-refractivity contribution >= 4 is 11.6 Å². The smallest absolute Gasteiger partial charge is 0.137 e. The van der Waals surface area contributed by atoms with Crippen LogP contribution in [-0.4, -0.2) is 36.3 Å². The first-order valence-corrected chi connectivity index (χ1v) is 5.83. The molecule has 0 aliphatic rings. The predicted octanol–water partition coefficient (Wildman–Crippen LogP) is 1.54. The van der Waals surface area contributed by atoms with E-state index in [0.717, 1.165) is 17.9 Å². The highest BCUT2D eigenvalue weighted by Gasteiger charge is 2.16. The second kappa shape index (κ2) is 5.82. The lowest BCUT2D eigenvalue weighted by atomic mass is 10.2. The lowest BCUT2D eigenvalue weighted by Crippen LogP contribution is -2.35. The summed E-state index contributed by atoms with van der Waals surface area (Å²) in [6, 6.07) is 0.345. The van der Waals surface area contributed by atoms with Gasteiger partial charge in [-0.1, -0.05) is 0 Å². The molecule has 1 heterocycles. The number of hydrogen-bond acceptors (Lipinski definition) is 5. The zero-order valence-electron chi connectivity index (χ0n) is 11.3. The van der Waals surface area contributed by atoms with Crippen LogP contribution in [-0.2, 0) is 4.74 Å². The zero-order valence-corrected chi connectivity index (χ0v) is 11.3. The molecule has 2 N–H and O–H groups in total. The van der Waals surface area contributed by atoms with Gasteiger partial charge in [0.05, 0.1) is 6.61 Å². The van der Waals surface area contributed by atoms with E-state index in [2.05, 4.69) is 28.7 Å². The van der Waals surface area contributed by atoms with Crippen molar-refractivity contribution in [3.63, 3.8) is 0 Å². The standard InChI is InChI=1S/C12H22N4O/c1-8(2)16(6-7-17-5)12-9(3)11(13)14-10(4)15-12/h8H,6-7H2,1-5H3,(H2,13,14,15). The normalized spacial score (nSPS) is 10.9. The van der Waals surface area contributed by atoms with Gasteiger partial charge in [-0.25, -0.2) is 9.97 Å². The summed E-state index contributed by atoms with van der Waals surface area (Å²) in [7, 11) is 1.70. The lowest BCUT2D eigenvalue weighted by molar-refractivity contribution is 0.203. The van der Waals surface area contributed by atoms with Gasteiger partial charge in [0.1, 0.15) is 17.5 Å². The molecule has 0 aliphatic carbocycles. The van der Waals surface area contributed by atoms with Crippen molar-refractivity contribution in [1.29, 1.82) is 0 Å². The average Bonchev–Trinajstić information content (AvgIpc) is 2.24. The molecule has 5 nitrogen and oxygen atoms in total. The van der Waals surface area contributed by atoms with E-state index >= 15 is 0 Å². The number of nitrogens with zero attached hydrogens (tertiary/aromatic N) is 3. The molecule has 1 aromatic heterocycles. The first kappa shape index (κ1) is 13.7. The molecule has 1 rings (SSSR count). The molecule has 5 heteroatoms. The van der Waals surface area contributed by atoms with Gasteiger partial charge in [0.2, 0.25) is 0 Å². The Bertz CT molecular complexity index is 379. The highest BCUT2D eigenvalue weighted by Crippen LogP contribution is 2.22. The SMILES string of the molecule is COCCN(c1nc(C)nc(N)c1C)C(C)C. The third-order valence-corrected chi connectivity index (χ3v) is 2.70. The fourth-order valence-electron chi connectivity index (χ4n) is 1.71. The maximum Gasteiger partial charge on any atom is 0.137 e. The molecule has 0 bridgehead atoms. The van der Waals surface area contributed by atoms with Gasteiger partial charge in [-0.15, -0.1) is 0 Å². The van der Waals surface area contributed by atoms with Gasteiger partial charge in [-0.2, -0.15) is 0 Å². The van der Waals surface area contributed by atoms with Gasteiger partial charge >= 0.3 is 0 Å². The molecule has 0 fully saturated rings. The Hall–Kier alpha value is -1.36. The number of aromatic nitrogens is 2. The molecule has 0 radical (unpaired) electrons. The number of nitrogens with two attached hydrogens (primary N) is 1. The monoisotopic (exact) mass is 238 g/mol. The van der Waals surface area contributed by atoms with Crippen LogP contribution in [0, 0.1) is 13.8 Å². The predicted molar refractivity (Wildman–Crippen MR) is 70.3 cm³/mol. The summed E-state index contributed by atoms with van der Waals surface area (Å²) in [5.74, 6) is 2.16. The fourth-order valence-corrected chi connectivity index (χ4v) is 1.71. The van der Waals surface area contributed by atoms with E-state index in [1.165, 1.54) is 0 Å². The molecule has 17 heavy (non-hydrogen) atoms. The van der Waals surface area contributed by atoms with Gasteiger partial charge in [0, 0.05) is 25.3 Å². The zero-order chi connectivity index (χ0) is 13.0. The molecular formula is C12H22N4O. The summed E-state index contributed by atoms with van der Waals surface area (Å²) in [4.78, 5) is 10.8. The first-order valence-electron chi connectivity index (χ1n) is 5.83. The minimum Gasteiger partial charge on any atom is -0.383 e. The van der Waals surface area contributed by atoms with E-state index < -0.39 is 0 Å². The molecule has 0 aromatic carbocycles. The van der Waals surface area contributed by atoms with Crippen molar-refractivity contribution in [2.75, 3.05) is 30.9 Å². The van der Waals surface area contributed by atoms with E-state index in [1.54, 1.807) is 7.11 Å². The Morgan fingerprint density at radius 3 is 2.47 bits per heavy atom. The maximum atomic E-state index is 5.88. The molecule has 96 valence electrons. The Morgan fingerprint density at radius 2 is 1.94 bits per heavy atom. The summed E-state index contributed by atoms with van der Waals surface area (Å²) in [6.07, 6.45) is 0. The molecule has 0 saturated carbocycles. The number of rotatable bonds is 5. The third kappa shape index (κ3) is 3.30. The minimum atomic E-state index is 0.345. The van der Waals surface area contributed by atoms with Crippen LogP contribution in [0.1, 0.15) is 25.2 Å². The number of aryl methyl sites for hydroxylation is 1. The summed E-state index contributed by atoms with van der Waals surface area (Å²) in [5, 5.41) is 0. The van der Waals surface area contributed by atoms with Gasteiger partial charge in [0.25, 0.3) is 0 Å². The van der Waals surface area contributed by atoms with Crippen LogP contribution < -0.4 is 10.6 Å². The van der Waals surface area contributed by atoms with Crippen molar-refractivity contribution < 1.29 is 4.74 Å². The second-order valence-electron chi connectivity index (χ2n) is 4.38. The van der Waals surface area contributed by atoms with E-state index in [0.29, 0.717) is 24.3 Å². The number of hydrogen-bond donors (Lipinski definition) is 1. The Kier molecular flexibility index (Phi) is 4.69. The lowest BCUT2D eigenvalue weighted by Gasteiger charge is -2.29. The van der Waals surface area contributed by atoms with Crippen molar-refractivity contribution in [2.24, 2.45) is 0 Å². The van der Waals surface area contributed by atoms with Crippen LogP contribution in [0.5, 0.6) is 0 Å². The van der Waals surface area contributed by atoms with Gasteiger partial charge in [-0.05, 0) is 27.7 Å². The molecule has 0 atom stereocenters. The average molecular weight is 238 g/mol. The highest BCUT2D eigenvalue weighted by molar-refractivity contribution is 5.56. The Morgan fingerprint density at radius 1 is 1.29 bits per heavy atom. The van der Waals surface area contributed by atoms with Crippen LogP contribution in [0.15, 0.2) is 0 Å². The number of nitrogen functional groups attached to an aromatic ring is 1. The summed E-state index contributed by atoms with van der Waals surface area (Å²) < 4.78 is 5.13. The van der Waals surface area contributed by atoms with E-state index in [4.69, 9.17) is 10.5 Å². The molecular weight excluding hydrogens is 216 g/mol.